The van der Waals surface area contributed by atoms with Crippen LogP contribution in [0.5, 0.6) is 0 Å². The van der Waals surface area contributed by atoms with Crippen LogP contribution >= 0.6 is 0 Å². The summed E-state index contributed by atoms with van der Waals surface area (Å²) in [5.74, 6) is 0.726. The summed E-state index contributed by atoms with van der Waals surface area (Å²) < 4.78 is 0. The van der Waals surface area contributed by atoms with Crippen molar-refractivity contribution >= 4 is 0 Å². The van der Waals surface area contributed by atoms with Gasteiger partial charge in [-0.05, 0) is 38.8 Å². The highest BCUT2D eigenvalue weighted by Gasteiger charge is 2.27. The maximum Gasteiger partial charge on any atom is 0.0166 e. The Balaban J connectivity index is 2.54. The zero-order valence-electron chi connectivity index (χ0n) is 10.3. The Hall–Kier alpha value is -0.340. The van der Waals surface area contributed by atoms with Crippen molar-refractivity contribution in [1.82, 2.24) is 4.90 Å². The minimum atomic E-state index is 0.726. The minimum Gasteiger partial charge on any atom is -0.330 e. The summed E-state index contributed by atoms with van der Waals surface area (Å²) in [6.07, 6.45) is 9.82. The molecular weight excluding hydrogens is 184 g/mol. The number of nitrogens with two attached hydrogens (primary N) is 1. The smallest absolute Gasteiger partial charge is 0.0166 e. The summed E-state index contributed by atoms with van der Waals surface area (Å²) in [5.41, 5.74) is 5.87. The lowest BCUT2D eigenvalue weighted by Gasteiger charge is -2.38. The number of likely N-dealkylation sites (N-methyl/N-ethyl adjacent to an activating group) is 1. The second kappa shape index (κ2) is 7.02. The molecule has 1 aliphatic carbocycles. The van der Waals surface area contributed by atoms with Crippen LogP contribution in [0.3, 0.4) is 0 Å². The number of nitrogens with zero attached hydrogens (tertiary/aromatic N) is 1. The van der Waals surface area contributed by atoms with E-state index < -0.39 is 0 Å². The molecule has 1 saturated carbocycles. The molecule has 2 heteroatoms. The van der Waals surface area contributed by atoms with Gasteiger partial charge in [-0.3, -0.25) is 4.90 Å². The van der Waals surface area contributed by atoms with Gasteiger partial charge in [-0.2, -0.15) is 0 Å². The minimum absolute atomic E-state index is 0.726. The van der Waals surface area contributed by atoms with Gasteiger partial charge in [-0.1, -0.05) is 31.9 Å². The van der Waals surface area contributed by atoms with Crippen molar-refractivity contribution in [2.45, 2.75) is 45.6 Å². The van der Waals surface area contributed by atoms with E-state index in [2.05, 4.69) is 30.9 Å². The standard InChI is InChI=1S/C13H26N2/c1-3-5-10-15(4-2)13-9-7-6-8-12(13)11-14/h3,5,12-13H,4,6-11,14H2,1-2H3. The van der Waals surface area contributed by atoms with E-state index in [1.807, 2.05) is 0 Å². The molecule has 1 fully saturated rings. The van der Waals surface area contributed by atoms with E-state index in [0.717, 1.165) is 31.6 Å². The van der Waals surface area contributed by atoms with Crippen LogP contribution in [0.1, 0.15) is 39.5 Å². The zero-order valence-corrected chi connectivity index (χ0v) is 10.3. The first-order chi connectivity index (χ1) is 7.33. The van der Waals surface area contributed by atoms with Crippen molar-refractivity contribution in [3.63, 3.8) is 0 Å². The number of hydrogen-bond donors (Lipinski definition) is 1. The Morgan fingerprint density at radius 3 is 2.67 bits per heavy atom. The largest absolute Gasteiger partial charge is 0.330 e. The van der Waals surface area contributed by atoms with Crippen LogP contribution in [0, 0.1) is 5.92 Å². The van der Waals surface area contributed by atoms with Crippen molar-refractivity contribution in [3.8, 4) is 0 Å². The highest BCUT2D eigenvalue weighted by atomic mass is 15.2. The quantitative estimate of drug-likeness (QED) is 0.706. The van der Waals surface area contributed by atoms with Crippen LogP contribution in [0.25, 0.3) is 0 Å². The molecule has 0 amide bonds. The molecule has 1 aliphatic rings. The van der Waals surface area contributed by atoms with E-state index in [1.54, 1.807) is 0 Å². The molecule has 88 valence electrons. The first-order valence-electron chi connectivity index (χ1n) is 6.38. The zero-order chi connectivity index (χ0) is 11.1. The van der Waals surface area contributed by atoms with Crippen molar-refractivity contribution in [2.24, 2.45) is 11.7 Å². The maximum atomic E-state index is 5.87. The predicted molar refractivity (Wildman–Crippen MR) is 66.9 cm³/mol. The molecule has 2 unspecified atom stereocenters. The number of hydrogen-bond acceptors (Lipinski definition) is 2. The van der Waals surface area contributed by atoms with Crippen molar-refractivity contribution in [1.29, 1.82) is 0 Å². The van der Waals surface area contributed by atoms with Crippen molar-refractivity contribution in [2.75, 3.05) is 19.6 Å². The Morgan fingerprint density at radius 1 is 1.33 bits per heavy atom. The molecule has 0 bridgehead atoms. The summed E-state index contributed by atoms with van der Waals surface area (Å²) in [6, 6.07) is 0.727. The van der Waals surface area contributed by atoms with Gasteiger partial charge in [-0.15, -0.1) is 0 Å². The lowest BCUT2D eigenvalue weighted by molar-refractivity contribution is 0.124. The first kappa shape index (κ1) is 12.7. The molecule has 0 radical (unpaired) electrons. The first-order valence-corrected chi connectivity index (χ1v) is 6.38. The van der Waals surface area contributed by atoms with E-state index in [1.165, 1.54) is 25.7 Å². The summed E-state index contributed by atoms with van der Waals surface area (Å²) in [6.45, 7) is 7.44. The molecular formula is C13H26N2. The third-order valence-electron chi connectivity index (χ3n) is 3.62. The molecule has 0 spiro atoms. The molecule has 0 saturated heterocycles. The third-order valence-corrected chi connectivity index (χ3v) is 3.62. The molecule has 2 N–H and O–H groups in total. The highest BCUT2D eigenvalue weighted by molar-refractivity contribution is 4.88. The molecule has 2 nitrogen and oxygen atoms in total. The normalized spacial score (nSPS) is 27.7. The molecule has 0 heterocycles. The van der Waals surface area contributed by atoms with E-state index >= 15 is 0 Å². The Bertz CT molecular complexity index is 189. The molecule has 0 aromatic rings. The fourth-order valence-electron chi connectivity index (χ4n) is 2.68. The molecule has 0 aromatic carbocycles. The van der Waals surface area contributed by atoms with Gasteiger partial charge in [0.25, 0.3) is 0 Å². The van der Waals surface area contributed by atoms with E-state index in [0.29, 0.717) is 0 Å². The summed E-state index contributed by atoms with van der Waals surface area (Å²) >= 11 is 0. The van der Waals surface area contributed by atoms with Crippen LogP contribution in [0.2, 0.25) is 0 Å². The Kier molecular flexibility index (Phi) is 5.96. The van der Waals surface area contributed by atoms with Gasteiger partial charge in [0.05, 0.1) is 0 Å². The van der Waals surface area contributed by atoms with Crippen molar-refractivity contribution < 1.29 is 0 Å². The lowest BCUT2D eigenvalue weighted by atomic mass is 9.83. The molecule has 0 aliphatic heterocycles. The topological polar surface area (TPSA) is 29.3 Å². The summed E-state index contributed by atoms with van der Waals surface area (Å²) in [5, 5.41) is 0. The third kappa shape index (κ3) is 3.62. The fraction of sp³-hybridized carbons (Fsp3) is 0.846. The molecule has 0 aromatic heterocycles. The monoisotopic (exact) mass is 210 g/mol. The van der Waals surface area contributed by atoms with E-state index in [4.69, 9.17) is 5.73 Å². The Labute approximate surface area is 94.5 Å². The van der Waals surface area contributed by atoms with Crippen LogP contribution in [-0.2, 0) is 0 Å². The summed E-state index contributed by atoms with van der Waals surface area (Å²) in [7, 11) is 0. The second-order valence-corrected chi connectivity index (χ2v) is 4.50. The van der Waals surface area contributed by atoms with Gasteiger partial charge < -0.3 is 5.73 Å². The molecule has 1 rings (SSSR count). The predicted octanol–water partition coefficient (Wildman–Crippen LogP) is 2.40. The van der Waals surface area contributed by atoms with E-state index in [9.17, 15) is 0 Å². The number of rotatable bonds is 5. The van der Waals surface area contributed by atoms with Gasteiger partial charge in [0.15, 0.2) is 0 Å². The van der Waals surface area contributed by atoms with Crippen LogP contribution in [0.4, 0.5) is 0 Å². The van der Waals surface area contributed by atoms with E-state index in [-0.39, 0.29) is 0 Å². The average molecular weight is 210 g/mol. The fourth-order valence-corrected chi connectivity index (χ4v) is 2.68. The van der Waals surface area contributed by atoms with Crippen LogP contribution < -0.4 is 5.73 Å². The SMILES string of the molecule is CC=CCN(CC)C1CCCCC1CN. The molecule has 2 atom stereocenters. The second-order valence-electron chi connectivity index (χ2n) is 4.50. The van der Waals surface area contributed by atoms with Crippen LogP contribution in [-0.4, -0.2) is 30.6 Å². The summed E-state index contributed by atoms with van der Waals surface area (Å²) in [4.78, 5) is 2.58. The van der Waals surface area contributed by atoms with Gasteiger partial charge >= 0.3 is 0 Å². The molecule has 15 heavy (non-hydrogen) atoms. The number of allylic oxidation sites excluding steroid dienone is 1. The maximum absolute atomic E-state index is 5.87. The highest BCUT2D eigenvalue weighted by Crippen LogP contribution is 2.27. The Morgan fingerprint density at radius 2 is 2.07 bits per heavy atom. The van der Waals surface area contributed by atoms with Gasteiger partial charge in [0.1, 0.15) is 0 Å². The van der Waals surface area contributed by atoms with Gasteiger partial charge in [-0.25, -0.2) is 0 Å². The average Bonchev–Trinajstić information content (AvgIpc) is 2.30. The van der Waals surface area contributed by atoms with Crippen molar-refractivity contribution in [3.05, 3.63) is 12.2 Å². The lowest BCUT2D eigenvalue weighted by Crippen LogP contribution is -2.45. The van der Waals surface area contributed by atoms with Gasteiger partial charge in [0, 0.05) is 12.6 Å². The van der Waals surface area contributed by atoms with Crippen LogP contribution in [0.15, 0.2) is 12.2 Å². The van der Waals surface area contributed by atoms with Gasteiger partial charge in [0.2, 0.25) is 0 Å².